The molecule has 0 radical (unpaired) electrons. The minimum absolute atomic E-state index is 0.119. The first-order chi connectivity index (χ1) is 14.7. The second-order valence-corrected chi connectivity index (χ2v) is 9.38. The number of hydrogen-bond donors (Lipinski definition) is 2. The number of hydrogen-bond acceptors (Lipinski definition) is 4. The molecule has 31 heavy (non-hydrogen) atoms. The summed E-state index contributed by atoms with van der Waals surface area (Å²) in [5.74, 6) is 0.300. The van der Waals surface area contributed by atoms with Crippen LogP contribution in [0.4, 0.5) is 0 Å². The standard InChI is InChI=1S/C24H50N4O3/c1-7-20-31-21-19-28(5,6)22(8-2)26-24(30)16-13-11-9-10-12-15-23(29)25-17-14-18-27(3)4/h22H,7-21H2,1-6H3,(H-,25,26,29,30)/p+1. The highest BCUT2D eigenvalue weighted by Crippen LogP contribution is 2.11. The fourth-order valence-electron chi connectivity index (χ4n) is 3.54. The van der Waals surface area contributed by atoms with Gasteiger partial charge < -0.3 is 24.8 Å². The zero-order valence-electron chi connectivity index (χ0n) is 21.3. The van der Waals surface area contributed by atoms with Crippen molar-refractivity contribution in [2.45, 2.75) is 84.2 Å². The van der Waals surface area contributed by atoms with Crippen LogP contribution in [0.2, 0.25) is 0 Å². The summed E-state index contributed by atoms with van der Waals surface area (Å²) in [4.78, 5) is 26.3. The van der Waals surface area contributed by atoms with E-state index in [0.29, 0.717) is 12.8 Å². The highest BCUT2D eigenvalue weighted by atomic mass is 16.5. The number of amides is 2. The van der Waals surface area contributed by atoms with Crippen molar-refractivity contribution < 1.29 is 18.8 Å². The average Bonchev–Trinajstić information content (AvgIpc) is 2.71. The van der Waals surface area contributed by atoms with E-state index in [-0.39, 0.29) is 18.0 Å². The second kappa shape index (κ2) is 18.4. The lowest BCUT2D eigenvalue weighted by molar-refractivity contribution is -0.917. The Hall–Kier alpha value is -1.18. The normalized spacial score (nSPS) is 12.7. The molecule has 0 rings (SSSR count). The lowest BCUT2D eigenvalue weighted by atomic mass is 10.1. The highest BCUT2D eigenvalue weighted by molar-refractivity contribution is 5.76. The Kier molecular flexibility index (Phi) is 17.7. The smallest absolute Gasteiger partial charge is 0.224 e. The van der Waals surface area contributed by atoms with Gasteiger partial charge >= 0.3 is 0 Å². The van der Waals surface area contributed by atoms with E-state index in [1.54, 1.807) is 0 Å². The number of nitrogens with zero attached hydrogens (tertiary/aromatic N) is 2. The average molecular weight is 444 g/mol. The van der Waals surface area contributed by atoms with Gasteiger partial charge in [0.15, 0.2) is 6.17 Å². The zero-order chi connectivity index (χ0) is 23.5. The molecule has 0 bridgehead atoms. The van der Waals surface area contributed by atoms with Gasteiger partial charge in [0.25, 0.3) is 0 Å². The molecule has 0 aromatic heterocycles. The first-order valence-electron chi connectivity index (χ1n) is 12.3. The Morgan fingerprint density at radius 3 is 2.10 bits per heavy atom. The molecule has 0 aliphatic heterocycles. The van der Waals surface area contributed by atoms with Crippen molar-refractivity contribution >= 4 is 11.8 Å². The summed E-state index contributed by atoms with van der Waals surface area (Å²) in [6, 6.07) is 0. The van der Waals surface area contributed by atoms with Crippen molar-refractivity contribution in [3.05, 3.63) is 0 Å². The van der Waals surface area contributed by atoms with E-state index in [1.165, 1.54) is 0 Å². The number of nitrogens with one attached hydrogen (secondary N) is 2. The zero-order valence-corrected chi connectivity index (χ0v) is 21.3. The monoisotopic (exact) mass is 443 g/mol. The molecule has 0 aromatic carbocycles. The Bertz CT molecular complexity index is 470. The SMILES string of the molecule is CCCOCC[N+](C)(C)C(CC)NC(=O)CCCCCCCC(=O)NCCCN(C)C. The predicted molar refractivity (Wildman–Crippen MR) is 129 cm³/mol. The van der Waals surface area contributed by atoms with E-state index >= 15 is 0 Å². The third kappa shape index (κ3) is 17.1. The van der Waals surface area contributed by atoms with Crippen LogP contribution in [0.5, 0.6) is 0 Å². The summed E-state index contributed by atoms with van der Waals surface area (Å²) in [7, 11) is 8.39. The maximum atomic E-state index is 12.4. The molecule has 7 nitrogen and oxygen atoms in total. The number of rotatable bonds is 20. The van der Waals surface area contributed by atoms with Gasteiger partial charge in [0, 0.05) is 32.4 Å². The van der Waals surface area contributed by atoms with Crippen LogP contribution >= 0.6 is 0 Å². The molecule has 0 saturated carbocycles. The van der Waals surface area contributed by atoms with Crippen molar-refractivity contribution in [1.82, 2.24) is 15.5 Å². The quantitative estimate of drug-likeness (QED) is 0.172. The van der Waals surface area contributed by atoms with Gasteiger partial charge in [-0.15, -0.1) is 0 Å². The maximum absolute atomic E-state index is 12.4. The third-order valence-corrected chi connectivity index (χ3v) is 5.63. The molecule has 0 fully saturated rings. The van der Waals surface area contributed by atoms with Crippen LogP contribution in [0, 0.1) is 0 Å². The molecule has 7 heteroatoms. The first kappa shape index (κ1) is 29.8. The number of carbonyl (C=O) groups is 2. The summed E-state index contributed by atoms with van der Waals surface area (Å²) in [5, 5.41) is 6.20. The lowest BCUT2D eigenvalue weighted by Crippen LogP contribution is -2.58. The fraction of sp³-hybridized carbons (Fsp3) is 0.917. The Morgan fingerprint density at radius 2 is 1.52 bits per heavy atom. The van der Waals surface area contributed by atoms with Gasteiger partial charge in [-0.3, -0.25) is 9.59 Å². The molecule has 0 aromatic rings. The maximum Gasteiger partial charge on any atom is 0.224 e. The van der Waals surface area contributed by atoms with Crippen molar-refractivity contribution in [2.75, 3.05) is 61.0 Å². The van der Waals surface area contributed by atoms with Crippen LogP contribution in [-0.2, 0) is 14.3 Å². The minimum Gasteiger partial charge on any atom is -0.376 e. The topological polar surface area (TPSA) is 70.7 Å². The Morgan fingerprint density at radius 1 is 0.903 bits per heavy atom. The molecule has 0 saturated heterocycles. The number of likely N-dealkylation sites (N-methyl/N-ethyl adjacent to an activating group) is 1. The molecule has 0 heterocycles. The van der Waals surface area contributed by atoms with Gasteiger partial charge in [0.1, 0.15) is 6.54 Å². The number of carbonyl (C=O) groups excluding carboxylic acids is 2. The number of unbranched alkanes of at least 4 members (excludes halogenated alkanes) is 4. The molecule has 1 unspecified atom stereocenters. The number of ether oxygens (including phenoxy) is 1. The Labute approximate surface area is 191 Å². The third-order valence-electron chi connectivity index (χ3n) is 5.63. The van der Waals surface area contributed by atoms with Gasteiger partial charge in [-0.2, -0.15) is 0 Å². The first-order valence-corrected chi connectivity index (χ1v) is 12.3. The van der Waals surface area contributed by atoms with Gasteiger partial charge in [-0.25, -0.2) is 0 Å². The van der Waals surface area contributed by atoms with Crippen LogP contribution in [0.25, 0.3) is 0 Å². The molecule has 0 spiro atoms. The van der Waals surface area contributed by atoms with Crippen LogP contribution in [-0.4, -0.2) is 88.4 Å². The summed E-state index contributed by atoms with van der Waals surface area (Å²) in [5.41, 5.74) is 0. The molecule has 184 valence electrons. The summed E-state index contributed by atoms with van der Waals surface area (Å²) < 4.78 is 6.36. The van der Waals surface area contributed by atoms with E-state index in [1.807, 2.05) is 14.1 Å². The summed E-state index contributed by atoms with van der Waals surface area (Å²) in [6.45, 7) is 8.40. The fourth-order valence-corrected chi connectivity index (χ4v) is 3.54. The predicted octanol–water partition coefficient (Wildman–Crippen LogP) is 3.14. The highest BCUT2D eigenvalue weighted by Gasteiger charge is 2.27. The largest absolute Gasteiger partial charge is 0.376 e. The molecule has 2 amide bonds. The van der Waals surface area contributed by atoms with Crippen LogP contribution in [0.1, 0.15) is 78.1 Å². The number of quaternary nitrogens is 1. The molecule has 0 aliphatic rings. The van der Waals surface area contributed by atoms with Gasteiger partial charge in [-0.1, -0.05) is 33.1 Å². The lowest BCUT2D eigenvalue weighted by Gasteiger charge is -2.37. The van der Waals surface area contributed by atoms with E-state index in [9.17, 15) is 9.59 Å². The van der Waals surface area contributed by atoms with Crippen LogP contribution in [0.3, 0.4) is 0 Å². The molecular formula is C24H51N4O3+. The van der Waals surface area contributed by atoms with Crippen molar-refractivity contribution in [2.24, 2.45) is 0 Å². The second-order valence-electron chi connectivity index (χ2n) is 9.38. The summed E-state index contributed by atoms with van der Waals surface area (Å²) >= 11 is 0. The summed E-state index contributed by atoms with van der Waals surface area (Å²) in [6.07, 6.45) is 9.23. The molecule has 2 N–H and O–H groups in total. The molecule has 0 aliphatic carbocycles. The van der Waals surface area contributed by atoms with Gasteiger partial charge in [0.05, 0.1) is 20.7 Å². The van der Waals surface area contributed by atoms with E-state index in [4.69, 9.17) is 4.74 Å². The minimum atomic E-state index is 0.119. The molecular weight excluding hydrogens is 392 g/mol. The van der Waals surface area contributed by atoms with Crippen molar-refractivity contribution in [3.8, 4) is 0 Å². The van der Waals surface area contributed by atoms with E-state index < -0.39 is 0 Å². The van der Waals surface area contributed by atoms with Crippen molar-refractivity contribution in [3.63, 3.8) is 0 Å². The van der Waals surface area contributed by atoms with E-state index in [0.717, 1.165) is 88.7 Å². The van der Waals surface area contributed by atoms with Crippen LogP contribution in [0.15, 0.2) is 0 Å². The molecule has 1 atom stereocenters. The van der Waals surface area contributed by atoms with Crippen LogP contribution < -0.4 is 10.6 Å². The van der Waals surface area contributed by atoms with Gasteiger partial charge in [0.2, 0.25) is 11.8 Å². The Balaban J connectivity index is 3.82. The van der Waals surface area contributed by atoms with Crippen molar-refractivity contribution in [1.29, 1.82) is 0 Å². The van der Waals surface area contributed by atoms with E-state index in [2.05, 4.69) is 43.5 Å². The van der Waals surface area contributed by atoms with Gasteiger partial charge in [-0.05, 0) is 46.3 Å².